The highest BCUT2D eigenvalue weighted by Crippen LogP contribution is 2.39. The summed E-state index contributed by atoms with van der Waals surface area (Å²) in [6.07, 6.45) is 5.37. The van der Waals surface area contributed by atoms with Crippen molar-refractivity contribution in [3.8, 4) is 5.75 Å². The van der Waals surface area contributed by atoms with Crippen LogP contribution in [0.4, 0.5) is 0 Å². The van der Waals surface area contributed by atoms with Crippen molar-refractivity contribution in [2.45, 2.75) is 43.7 Å². The molecule has 0 spiro atoms. The van der Waals surface area contributed by atoms with E-state index in [9.17, 15) is 0 Å². The quantitative estimate of drug-likeness (QED) is 0.837. The fraction of sp³-hybridized carbons (Fsp3) is 0.571. The van der Waals surface area contributed by atoms with Crippen molar-refractivity contribution in [1.82, 2.24) is 5.32 Å². The molecular formula is C14H19NO. The van der Waals surface area contributed by atoms with Crippen molar-refractivity contribution in [3.05, 3.63) is 29.8 Å². The summed E-state index contributed by atoms with van der Waals surface area (Å²) in [5.41, 5.74) is 1.44. The van der Waals surface area contributed by atoms with Gasteiger partial charge in [0.2, 0.25) is 0 Å². The lowest BCUT2D eigenvalue weighted by Crippen LogP contribution is -2.41. The molecule has 2 saturated carbocycles. The van der Waals surface area contributed by atoms with Crippen LogP contribution in [0.5, 0.6) is 5.75 Å². The number of rotatable bonds is 4. The molecule has 2 aliphatic carbocycles. The Morgan fingerprint density at radius 1 is 1.19 bits per heavy atom. The summed E-state index contributed by atoms with van der Waals surface area (Å²) in [7, 11) is 1.73. The van der Waals surface area contributed by atoms with Gasteiger partial charge in [0, 0.05) is 12.1 Å². The topological polar surface area (TPSA) is 21.3 Å². The minimum Gasteiger partial charge on any atom is -0.497 e. The van der Waals surface area contributed by atoms with Crippen LogP contribution in [0.3, 0.4) is 0 Å². The molecule has 16 heavy (non-hydrogen) atoms. The molecule has 0 unspecified atom stereocenters. The van der Waals surface area contributed by atoms with E-state index in [-0.39, 0.29) is 0 Å². The highest BCUT2D eigenvalue weighted by molar-refractivity contribution is 5.32. The lowest BCUT2D eigenvalue weighted by molar-refractivity contribution is 0.288. The van der Waals surface area contributed by atoms with Crippen molar-refractivity contribution in [3.63, 3.8) is 0 Å². The van der Waals surface area contributed by atoms with Gasteiger partial charge in [0.05, 0.1) is 7.11 Å². The Bertz CT molecular complexity index is 367. The molecule has 2 fully saturated rings. The fourth-order valence-corrected chi connectivity index (χ4v) is 2.50. The lowest BCUT2D eigenvalue weighted by atomic mass is 9.76. The van der Waals surface area contributed by atoms with E-state index in [0.29, 0.717) is 0 Å². The van der Waals surface area contributed by atoms with Crippen LogP contribution in [0.1, 0.15) is 37.2 Å². The second kappa shape index (κ2) is 4.10. The molecule has 86 valence electrons. The van der Waals surface area contributed by atoms with Crippen molar-refractivity contribution < 1.29 is 4.74 Å². The van der Waals surface area contributed by atoms with Crippen LogP contribution < -0.4 is 10.1 Å². The van der Waals surface area contributed by atoms with Crippen molar-refractivity contribution in [1.29, 1.82) is 0 Å². The summed E-state index contributed by atoms with van der Waals surface area (Å²) in [6, 6.07) is 10.1. The normalized spacial score (nSPS) is 28.6. The van der Waals surface area contributed by atoms with Crippen molar-refractivity contribution in [2.75, 3.05) is 7.11 Å². The summed E-state index contributed by atoms with van der Waals surface area (Å²) in [5.74, 6) is 1.72. The molecule has 2 nitrogen and oxygen atoms in total. The molecule has 3 rings (SSSR count). The Morgan fingerprint density at radius 2 is 2.00 bits per heavy atom. The maximum Gasteiger partial charge on any atom is 0.119 e. The summed E-state index contributed by atoms with van der Waals surface area (Å²) < 4.78 is 5.26. The van der Waals surface area contributed by atoms with Crippen LogP contribution in [0, 0.1) is 0 Å². The fourth-order valence-electron chi connectivity index (χ4n) is 2.50. The maximum atomic E-state index is 5.26. The Balaban J connectivity index is 1.57. The van der Waals surface area contributed by atoms with Gasteiger partial charge in [-0.25, -0.2) is 0 Å². The van der Waals surface area contributed by atoms with Crippen LogP contribution in [-0.2, 0) is 0 Å². The second-order valence-corrected chi connectivity index (χ2v) is 5.08. The van der Waals surface area contributed by atoms with Crippen LogP contribution >= 0.6 is 0 Å². The zero-order valence-corrected chi connectivity index (χ0v) is 9.78. The van der Waals surface area contributed by atoms with Crippen LogP contribution in [-0.4, -0.2) is 19.2 Å². The standard InChI is InChI=1S/C14H19NO/c1-16-14-4-2-3-10(9-14)11-7-13(8-11)15-12-5-6-12/h2-4,9,11-13,15H,5-8H2,1H3. The first-order chi connectivity index (χ1) is 7.85. The average Bonchev–Trinajstić information content (AvgIpc) is 3.07. The molecular weight excluding hydrogens is 198 g/mol. The van der Waals surface area contributed by atoms with E-state index < -0.39 is 0 Å². The molecule has 0 atom stereocenters. The van der Waals surface area contributed by atoms with Gasteiger partial charge in [0.15, 0.2) is 0 Å². The molecule has 2 aliphatic rings. The Kier molecular flexibility index (Phi) is 2.60. The number of nitrogens with one attached hydrogen (secondary N) is 1. The summed E-state index contributed by atoms with van der Waals surface area (Å²) in [4.78, 5) is 0. The van der Waals surface area contributed by atoms with E-state index >= 15 is 0 Å². The Labute approximate surface area is 97.0 Å². The molecule has 0 amide bonds. The van der Waals surface area contributed by atoms with E-state index in [1.807, 2.05) is 6.07 Å². The van der Waals surface area contributed by atoms with E-state index in [1.165, 1.54) is 31.2 Å². The molecule has 1 aromatic rings. The predicted molar refractivity (Wildman–Crippen MR) is 64.9 cm³/mol. The van der Waals surface area contributed by atoms with Gasteiger partial charge in [-0.05, 0) is 49.3 Å². The second-order valence-electron chi connectivity index (χ2n) is 5.08. The van der Waals surface area contributed by atoms with E-state index in [4.69, 9.17) is 4.74 Å². The third-order valence-electron chi connectivity index (χ3n) is 3.75. The van der Waals surface area contributed by atoms with Gasteiger partial charge in [-0.2, -0.15) is 0 Å². The van der Waals surface area contributed by atoms with Gasteiger partial charge in [0.25, 0.3) is 0 Å². The van der Waals surface area contributed by atoms with Gasteiger partial charge in [-0.15, -0.1) is 0 Å². The Hall–Kier alpha value is -1.02. The molecule has 1 aromatic carbocycles. The average molecular weight is 217 g/mol. The van der Waals surface area contributed by atoms with Crippen LogP contribution in [0.15, 0.2) is 24.3 Å². The van der Waals surface area contributed by atoms with Gasteiger partial charge in [-0.1, -0.05) is 12.1 Å². The first-order valence-corrected chi connectivity index (χ1v) is 6.25. The zero-order chi connectivity index (χ0) is 11.0. The zero-order valence-electron chi connectivity index (χ0n) is 9.78. The van der Waals surface area contributed by atoms with Gasteiger partial charge in [0.1, 0.15) is 5.75 Å². The number of benzene rings is 1. The smallest absolute Gasteiger partial charge is 0.119 e. The Morgan fingerprint density at radius 3 is 2.69 bits per heavy atom. The predicted octanol–water partition coefficient (Wildman–Crippen LogP) is 2.69. The highest BCUT2D eigenvalue weighted by atomic mass is 16.5. The first-order valence-electron chi connectivity index (χ1n) is 6.25. The van der Waals surface area contributed by atoms with Crippen LogP contribution in [0.2, 0.25) is 0 Å². The van der Waals surface area contributed by atoms with E-state index in [1.54, 1.807) is 7.11 Å². The maximum absolute atomic E-state index is 5.26. The van der Waals surface area contributed by atoms with Gasteiger partial charge >= 0.3 is 0 Å². The number of hydrogen-bond donors (Lipinski definition) is 1. The number of methoxy groups -OCH3 is 1. The third kappa shape index (κ3) is 2.07. The SMILES string of the molecule is COc1cccc(C2CC(NC3CC3)C2)c1. The molecule has 0 aliphatic heterocycles. The van der Waals surface area contributed by atoms with E-state index in [0.717, 1.165) is 23.8 Å². The minimum absolute atomic E-state index is 0.742. The summed E-state index contributed by atoms with van der Waals surface area (Å²) >= 11 is 0. The molecule has 1 N–H and O–H groups in total. The van der Waals surface area contributed by atoms with Gasteiger partial charge < -0.3 is 10.1 Å². The summed E-state index contributed by atoms with van der Waals surface area (Å²) in [6.45, 7) is 0. The van der Waals surface area contributed by atoms with Gasteiger partial charge in [-0.3, -0.25) is 0 Å². The first kappa shape index (κ1) is 10.2. The largest absolute Gasteiger partial charge is 0.497 e. The molecule has 0 saturated heterocycles. The number of hydrogen-bond acceptors (Lipinski definition) is 2. The lowest BCUT2D eigenvalue weighted by Gasteiger charge is -2.36. The molecule has 0 aromatic heterocycles. The van der Waals surface area contributed by atoms with Crippen molar-refractivity contribution in [2.24, 2.45) is 0 Å². The summed E-state index contributed by atoms with van der Waals surface area (Å²) in [5, 5.41) is 3.69. The molecule has 0 heterocycles. The molecule has 0 bridgehead atoms. The molecule has 0 radical (unpaired) electrons. The third-order valence-corrected chi connectivity index (χ3v) is 3.75. The number of ether oxygens (including phenoxy) is 1. The molecule has 2 heteroatoms. The van der Waals surface area contributed by atoms with Crippen LogP contribution in [0.25, 0.3) is 0 Å². The van der Waals surface area contributed by atoms with E-state index in [2.05, 4.69) is 23.5 Å². The minimum atomic E-state index is 0.742. The van der Waals surface area contributed by atoms with Crippen molar-refractivity contribution >= 4 is 0 Å². The monoisotopic (exact) mass is 217 g/mol. The highest BCUT2D eigenvalue weighted by Gasteiger charge is 2.34.